The predicted octanol–water partition coefficient (Wildman–Crippen LogP) is 0.814. The van der Waals surface area contributed by atoms with Crippen molar-refractivity contribution in [1.29, 1.82) is 5.26 Å². The maximum atomic E-state index is 11.7. The number of nitriles is 1. The third kappa shape index (κ3) is 0.858. The van der Waals surface area contributed by atoms with Crippen LogP contribution >= 0.6 is 0 Å². The molecule has 1 saturated heterocycles. The zero-order chi connectivity index (χ0) is 11.7. The van der Waals surface area contributed by atoms with E-state index in [1.54, 1.807) is 0 Å². The number of carbonyl (C=O) groups is 2. The van der Waals surface area contributed by atoms with Crippen LogP contribution in [0.25, 0.3) is 0 Å². The molecule has 2 fully saturated rings. The molecule has 6 atom stereocenters. The highest BCUT2D eigenvalue weighted by atomic mass is 16.6. The van der Waals surface area contributed by atoms with E-state index in [1.807, 2.05) is 18.2 Å². The minimum atomic E-state index is -0.401. The van der Waals surface area contributed by atoms with Crippen molar-refractivity contribution in [2.75, 3.05) is 0 Å². The lowest BCUT2D eigenvalue weighted by Gasteiger charge is -2.52. The average molecular weight is 227 g/mol. The highest BCUT2D eigenvalue weighted by molar-refractivity contribution is 5.98. The molecule has 2 bridgehead atoms. The summed E-state index contributed by atoms with van der Waals surface area (Å²) in [6.45, 7) is 0. The van der Waals surface area contributed by atoms with E-state index in [0.29, 0.717) is 0 Å². The average Bonchev–Trinajstić information content (AvgIpc) is 2.57. The number of rotatable bonds is 0. The van der Waals surface area contributed by atoms with E-state index in [-0.39, 0.29) is 41.5 Å². The van der Waals surface area contributed by atoms with Crippen LogP contribution in [0.15, 0.2) is 23.8 Å². The Morgan fingerprint density at radius 1 is 1.00 bits per heavy atom. The van der Waals surface area contributed by atoms with Crippen LogP contribution in [0.1, 0.15) is 0 Å². The minimum absolute atomic E-state index is 0.0198. The van der Waals surface area contributed by atoms with Crippen molar-refractivity contribution in [1.82, 2.24) is 0 Å². The number of ether oxygens (including phenoxy) is 1. The quantitative estimate of drug-likeness (QED) is 0.349. The molecule has 0 aromatic heterocycles. The molecule has 0 aromatic carbocycles. The SMILES string of the molecule is N#CC1=CC2C3C=CC(C12)C1C(=O)OC(=O)C31. The van der Waals surface area contributed by atoms with Crippen molar-refractivity contribution in [2.45, 2.75) is 0 Å². The van der Waals surface area contributed by atoms with Crippen molar-refractivity contribution in [3.8, 4) is 6.07 Å². The van der Waals surface area contributed by atoms with Gasteiger partial charge in [-0.05, 0) is 17.8 Å². The lowest BCUT2D eigenvalue weighted by molar-refractivity contribution is -0.154. The largest absolute Gasteiger partial charge is 0.393 e. The molecule has 5 rings (SSSR count). The van der Waals surface area contributed by atoms with Crippen molar-refractivity contribution >= 4 is 11.9 Å². The molecule has 0 N–H and O–H groups in total. The van der Waals surface area contributed by atoms with Crippen LogP contribution in [0.2, 0.25) is 0 Å². The van der Waals surface area contributed by atoms with Crippen LogP contribution < -0.4 is 0 Å². The molecule has 4 nitrogen and oxygen atoms in total. The first-order chi connectivity index (χ1) is 8.22. The van der Waals surface area contributed by atoms with Gasteiger partial charge in [-0.25, -0.2) is 0 Å². The van der Waals surface area contributed by atoms with Gasteiger partial charge in [0, 0.05) is 11.5 Å². The van der Waals surface area contributed by atoms with E-state index < -0.39 is 5.97 Å². The number of nitrogens with zero attached hydrogens (tertiary/aromatic N) is 1. The Balaban J connectivity index is 1.84. The second kappa shape index (κ2) is 2.67. The molecule has 1 heterocycles. The van der Waals surface area contributed by atoms with Crippen LogP contribution in [0.5, 0.6) is 0 Å². The fourth-order valence-corrected chi connectivity index (χ4v) is 3.97. The Labute approximate surface area is 97.5 Å². The van der Waals surface area contributed by atoms with Crippen molar-refractivity contribution < 1.29 is 14.3 Å². The van der Waals surface area contributed by atoms with E-state index >= 15 is 0 Å². The summed E-state index contributed by atoms with van der Waals surface area (Å²) in [7, 11) is 0. The van der Waals surface area contributed by atoms with Crippen molar-refractivity contribution in [3.05, 3.63) is 23.8 Å². The van der Waals surface area contributed by atoms with Gasteiger partial charge in [0.15, 0.2) is 0 Å². The number of hydrogen-bond donors (Lipinski definition) is 0. The molecule has 0 radical (unpaired) electrons. The Hall–Kier alpha value is -1.89. The van der Waals surface area contributed by atoms with Gasteiger partial charge in [0.2, 0.25) is 0 Å². The van der Waals surface area contributed by atoms with E-state index in [9.17, 15) is 9.59 Å². The van der Waals surface area contributed by atoms with E-state index in [2.05, 4.69) is 6.07 Å². The highest BCUT2D eigenvalue weighted by Crippen LogP contribution is 2.60. The number of esters is 2. The van der Waals surface area contributed by atoms with Gasteiger partial charge in [-0.2, -0.15) is 5.26 Å². The smallest absolute Gasteiger partial charge is 0.318 e. The molecule has 4 aliphatic carbocycles. The lowest BCUT2D eigenvalue weighted by Crippen LogP contribution is -2.52. The molecule has 5 aliphatic rings. The molecule has 0 aromatic rings. The summed E-state index contributed by atoms with van der Waals surface area (Å²) in [6.07, 6.45) is 5.97. The molecule has 1 saturated carbocycles. The molecular formula is C13H9NO3. The van der Waals surface area contributed by atoms with Crippen molar-refractivity contribution in [2.24, 2.45) is 35.5 Å². The zero-order valence-corrected chi connectivity index (χ0v) is 8.87. The number of allylic oxidation sites excluding steroid dienone is 4. The molecule has 0 amide bonds. The number of hydrogen-bond acceptors (Lipinski definition) is 4. The molecule has 6 unspecified atom stereocenters. The summed E-state index contributed by atoms with van der Waals surface area (Å²) < 4.78 is 4.76. The van der Waals surface area contributed by atoms with Gasteiger partial charge < -0.3 is 4.74 Å². The summed E-state index contributed by atoms with van der Waals surface area (Å²) in [6, 6.07) is 2.18. The van der Waals surface area contributed by atoms with Gasteiger partial charge in [-0.1, -0.05) is 18.2 Å². The molecule has 1 aliphatic heterocycles. The first kappa shape index (κ1) is 9.17. The van der Waals surface area contributed by atoms with Crippen LogP contribution in [0, 0.1) is 46.8 Å². The van der Waals surface area contributed by atoms with Crippen LogP contribution in [0.4, 0.5) is 0 Å². The van der Waals surface area contributed by atoms with Gasteiger partial charge in [0.1, 0.15) is 0 Å². The predicted molar refractivity (Wildman–Crippen MR) is 54.9 cm³/mol. The van der Waals surface area contributed by atoms with Crippen LogP contribution in [-0.2, 0) is 14.3 Å². The summed E-state index contributed by atoms with van der Waals surface area (Å²) >= 11 is 0. The molecule has 0 spiro atoms. The van der Waals surface area contributed by atoms with Gasteiger partial charge in [0.05, 0.1) is 17.9 Å². The minimum Gasteiger partial charge on any atom is -0.393 e. The Morgan fingerprint density at radius 2 is 1.65 bits per heavy atom. The van der Waals surface area contributed by atoms with E-state index in [1.165, 1.54) is 0 Å². The van der Waals surface area contributed by atoms with E-state index in [0.717, 1.165) is 5.57 Å². The van der Waals surface area contributed by atoms with Crippen molar-refractivity contribution in [3.63, 3.8) is 0 Å². The van der Waals surface area contributed by atoms with E-state index in [4.69, 9.17) is 10.00 Å². The topological polar surface area (TPSA) is 67.2 Å². The summed E-state index contributed by atoms with van der Waals surface area (Å²) in [4.78, 5) is 23.4. The standard InChI is InChI=1S/C13H9NO3/c14-4-5-3-8-6-1-2-7(9(5)8)11-10(6)12(15)17-13(11)16/h1-3,6-11H. The monoisotopic (exact) mass is 227 g/mol. The second-order valence-electron chi connectivity index (χ2n) is 5.17. The van der Waals surface area contributed by atoms with Gasteiger partial charge in [-0.3, -0.25) is 9.59 Å². The molecule has 17 heavy (non-hydrogen) atoms. The molecular weight excluding hydrogens is 218 g/mol. The maximum Gasteiger partial charge on any atom is 0.318 e. The third-order valence-corrected chi connectivity index (χ3v) is 4.65. The van der Waals surface area contributed by atoms with Crippen LogP contribution in [0.3, 0.4) is 0 Å². The first-order valence-corrected chi connectivity index (χ1v) is 5.78. The third-order valence-electron chi connectivity index (χ3n) is 4.65. The second-order valence-corrected chi connectivity index (χ2v) is 5.17. The lowest BCUT2D eigenvalue weighted by atomic mass is 9.48. The fourth-order valence-electron chi connectivity index (χ4n) is 3.97. The van der Waals surface area contributed by atoms with Crippen LogP contribution in [-0.4, -0.2) is 11.9 Å². The normalized spacial score (nSPS) is 48.8. The Morgan fingerprint density at radius 3 is 2.35 bits per heavy atom. The zero-order valence-electron chi connectivity index (χ0n) is 8.87. The van der Waals surface area contributed by atoms with Gasteiger partial charge >= 0.3 is 11.9 Å². The fraction of sp³-hybridized carbons (Fsp3) is 0.462. The summed E-state index contributed by atoms with van der Waals surface area (Å²) in [5.41, 5.74) is 0.764. The maximum absolute atomic E-state index is 11.7. The Bertz CT molecular complexity index is 554. The molecule has 84 valence electrons. The summed E-state index contributed by atoms with van der Waals surface area (Å²) in [5, 5.41) is 8.99. The number of carbonyl (C=O) groups excluding carboxylic acids is 2. The molecule has 4 heteroatoms. The van der Waals surface area contributed by atoms with Gasteiger partial charge in [-0.15, -0.1) is 0 Å². The summed E-state index contributed by atoms with van der Waals surface area (Å²) in [5.74, 6) is -1.03. The highest BCUT2D eigenvalue weighted by Gasteiger charge is 2.63. The Kier molecular flexibility index (Phi) is 1.44. The van der Waals surface area contributed by atoms with Gasteiger partial charge in [0.25, 0.3) is 0 Å². The number of cyclic esters (lactones) is 2. The first-order valence-electron chi connectivity index (χ1n) is 5.78.